The van der Waals surface area contributed by atoms with Gasteiger partial charge in [-0.15, -0.1) is 0 Å². The van der Waals surface area contributed by atoms with Gasteiger partial charge in [-0.3, -0.25) is 0 Å². The first kappa shape index (κ1) is 14.0. The number of hydrogen-bond donors (Lipinski definition) is 1. The quantitative estimate of drug-likeness (QED) is 0.855. The number of hydrogen-bond acceptors (Lipinski definition) is 3. The number of aromatic nitrogens is 2. The molecule has 1 aromatic heterocycles. The van der Waals surface area contributed by atoms with Crippen molar-refractivity contribution in [3.8, 4) is 0 Å². The van der Waals surface area contributed by atoms with E-state index in [2.05, 4.69) is 67.8 Å². The molecule has 0 bridgehead atoms. The van der Waals surface area contributed by atoms with E-state index in [0.717, 1.165) is 18.2 Å². The largest absolute Gasteiger partial charge is 0.354 e. The molecular weight excluding hydrogens is 212 g/mol. The third-order valence-corrected chi connectivity index (χ3v) is 3.30. The Morgan fingerprint density at radius 1 is 1.41 bits per heavy atom. The van der Waals surface area contributed by atoms with E-state index >= 15 is 0 Å². The van der Waals surface area contributed by atoms with Crippen molar-refractivity contribution in [3.63, 3.8) is 0 Å². The van der Waals surface area contributed by atoms with Gasteiger partial charge < -0.3 is 14.8 Å². The Morgan fingerprint density at radius 2 is 2.00 bits per heavy atom. The smallest absolute Gasteiger partial charge is 0.203 e. The lowest BCUT2D eigenvalue weighted by molar-refractivity contribution is 0.209. The third-order valence-electron chi connectivity index (χ3n) is 3.30. The maximum absolute atomic E-state index is 4.53. The molecule has 4 heteroatoms. The van der Waals surface area contributed by atoms with Gasteiger partial charge in [-0.2, -0.15) is 0 Å². The Labute approximate surface area is 105 Å². The summed E-state index contributed by atoms with van der Waals surface area (Å²) in [5.41, 5.74) is 1.17. The second-order valence-electron chi connectivity index (χ2n) is 5.77. The number of nitrogens with zero attached hydrogens (tertiary/aromatic N) is 3. The molecule has 0 saturated heterocycles. The van der Waals surface area contributed by atoms with Crippen LogP contribution in [0.25, 0.3) is 0 Å². The van der Waals surface area contributed by atoms with Crippen molar-refractivity contribution < 1.29 is 0 Å². The maximum Gasteiger partial charge on any atom is 0.203 e. The van der Waals surface area contributed by atoms with Crippen LogP contribution in [0, 0.1) is 6.92 Å². The van der Waals surface area contributed by atoms with Crippen molar-refractivity contribution in [1.29, 1.82) is 0 Å². The topological polar surface area (TPSA) is 33.1 Å². The fourth-order valence-electron chi connectivity index (χ4n) is 1.49. The molecule has 0 unspecified atom stereocenters. The number of likely N-dealkylation sites (N-methyl/N-ethyl adjacent to an activating group) is 1. The summed E-state index contributed by atoms with van der Waals surface area (Å²) in [5.74, 6) is 0.965. The minimum atomic E-state index is 0.113. The number of rotatable bonds is 5. The van der Waals surface area contributed by atoms with Crippen molar-refractivity contribution in [2.24, 2.45) is 0 Å². The van der Waals surface area contributed by atoms with Crippen LogP contribution < -0.4 is 5.32 Å². The summed E-state index contributed by atoms with van der Waals surface area (Å²) in [6.45, 7) is 11.7. The van der Waals surface area contributed by atoms with E-state index in [-0.39, 0.29) is 5.54 Å². The monoisotopic (exact) mass is 238 g/mol. The fraction of sp³-hybridized carbons (Fsp3) is 0.769. The molecule has 0 radical (unpaired) electrons. The van der Waals surface area contributed by atoms with Crippen LogP contribution in [0.15, 0.2) is 6.20 Å². The SMILES string of the molecule is Cc1cn(C(C)C)c(NCC(C)(C)N(C)C)n1. The molecule has 1 rings (SSSR count). The van der Waals surface area contributed by atoms with Gasteiger partial charge >= 0.3 is 0 Å². The van der Waals surface area contributed by atoms with Gasteiger partial charge in [-0.1, -0.05) is 0 Å². The number of imidazole rings is 1. The molecular formula is C13H26N4. The molecule has 0 aliphatic carbocycles. The van der Waals surface area contributed by atoms with Crippen molar-refractivity contribution >= 4 is 5.95 Å². The standard InChI is InChI=1S/C13H26N4/c1-10(2)17-8-11(3)15-12(17)14-9-13(4,5)16(6)7/h8,10H,9H2,1-7H3,(H,14,15). The van der Waals surface area contributed by atoms with Gasteiger partial charge in [0.15, 0.2) is 0 Å². The summed E-state index contributed by atoms with van der Waals surface area (Å²) < 4.78 is 2.18. The minimum Gasteiger partial charge on any atom is -0.354 e. The second-order valence-corrected chi connectivity index (χ2v) is 5.77. The van der Waals surface area contributed by atoms with E-state index in [1.807, 2.05) is 6.92 Å². The van der Waals surface area contributed by atoms with Crippen LogP contribution in [-0.2, 0) is 0 Å². The molecule has 0 saturated carbocycles. The lowest BCUT2D eigenvalue weighted by Gasteiger charge is -2.33. The number of nitrogens with one attached hydrogen (secondary N) is 1. The van der Waals surface area contributed by atoms with Gasteiger partial charge in [0.2, 0.25) is 5.95 Å². The highest BCUT2D eigenvalue weighted by atomic mass is 15.2. The predicted octanol–water partition coefficient (Wildman–Crippen LogP) is 2.52. The highest BCUT2D eigenvalue weighted by molar-refractivity contribution is 5.30. The zero-order chi connectivity index (χ0) is 13.2. The van der Waals surface area contributed by atoms with Crippen molar-refractivity contribution in [2.75, 3.05) is 26.0 Å². The third kappa shape index (κ3) is 3.46. The van der Waals surface area contributed by atoms with Crippen LogP contribution in [0.4, 0.5) is 5.95 Å². The zero-order valence-corrected chi connectivity index (χ0v) is 12.2. The van der Waals surface area contributed by atoms with Crippen molar-refractivity contribution in [1.82, 2.24) is 14.5 Å². The predicted molar refractivity (Wildman–Crippen MR) is 73.6 cm³/mol. The Hall–Kier alpha value is -1.03. The summed E-state index contributed by atoms with van der Waals surface area (Å²) >= 11 is 0. The van der Waals surface area contributed by atoms with E-state index in [4.69, 9.17) is 0 Å². The molecule has 0 fully saturated rings. The van der Waals surface area contributed by atoms with Gasteiger partial charge in [0.05, 0.1) is 5.69 Å². The van der Waals surface area contributed by atoms with Gasteiger partial charge in [0.25, 0.3) is 0 Å². The lowest BCUT2D eigenvalue weighted by Crippen LogP contribution is -2.44. The van der Waals surface area contributed by atoms with Gasteiger partial charge in [0, 0.05) is 24.3 Å². The Kier molecular flexibility index (Phi) is 4.20. The van der Waals surface area contributed by atoms with E-state index < -0.39 is 0 Å². The molecule has 1 N–H and O–H groups in total. The molecule has 1 heterocycles. The summed E-state index contributed by atoms with van der Waals surface area (Å²) in [6.07, 6.45) is 2.09. The molecule has 0 atom stereocenters. The van der Waals surface area contributed by atoms with E-state index in [1.165, 1.54) is 0 Å². The average Bonchev–Trinajstić information content (AvgIpc) is 2.56. The first-order chi connectivity index (χ1) is 7.74. The Bertz CT molecular complexity index is 363. The molecule has 0 aliphatic rings. The van der Waals surface area contributed by atoms with Crippen LogP contribution in [-0.4, -0.2) is 40.6 Å². The second kappa shape index (κ2) is 5.08. The molecule has 0 aliphatic heterocycles. The first-order valence-electron chi connectivity index (χ1n) is 6.21. The summed E-state index contributed by atoms with van der Waals surface area (Å²) in [5, 5.41) is 3.45. The van der Waals surface area contributed by atoms with Gasteiger partial charge in [0.1, 0.15) is 0 Å². The normalized spacial score (nSPS) is 12.5. The van der Waals surface area contributed by atoms with Crippen molar-refractivity contribution in [2.45, 2.75) is 46.2 Å². The Morgan fingerprint density at radius 3 is 2.47 bits per heavy atom. The minimum absolute atomic E-state index is 0.113. The Balaban J connectivity index is 2.76. The average molecular weight is 238 g/mol. The summed E-state index contributed by atoms with van der Waals surface area (Å²) in [7, 11) is 4.20. The lowest BCUT2D eigenvalue weighted by atomic mass is 10.1. The molecule has 17 heavy (non-hydrogen) atoms. The number of anilines is 1. The van der Waals surface area contributed by atoms with Gasteiger partial charge in [-0.05, 0) is 48.7 Å². The summed E-state index contributed by atoms with van der Waals surface area (Å²) in [6, 6.07) is 0.432. The van der Waals surface area contributed by atoms with E-state index in [0.29, 0.717) is 6.04 Å². The first-order valence-corrected chi connectivity index (χ1v) is 6.21. The molecule has 4 nitrogen and oxygen atoms in total. The van der Waals surface area contributed by atoms with Crippen LogP contribution >= 0.6 is 0 Å². The molecule has 1 aromatic rings. The molecule has 98 valence electrons. The molecule has 0 aromatic carbocycles. The van der Waals surface area contributed by atoms with Gasteiger partial charge in [-0.25, -0.2) is 4.98 Å². The van der Waals surface area contributed by atoms with E-state index in [1.54, 1.807) is 0 Å². The fourth-order valence-corrected chi connectivity index (χ4v) is 1.49. The van der Waals surface area contributed by atoms with Crippen molar-refractivity contribution in [3.05, 3.63) is 11.9 Å². The maximum atomic E-state index is 4.53. The van der Waals surface area contributed by atoms with Crippen LogP contribution in [0.1, 0.15) is 39.4 Å². The number of aryl methyl sites for hydroxylation is 1. The molecule has 0 amide bonds. The van der Waals surface area contributed by atoms with Crippen LogP contribution in [0.5, 0.6) is 0 Å². The highest BCUT2D eigenvalue weighted by Gasteiger charge is 2.21. The summed E-state index contributed by atoms with van der Waals surface area (Å²) in [4.78, 5) is 6.75. The van der Waals surface area contributed by atoms with E-state index in [9.17, 15) is 0 Å². The van der Waals surface area contributed by atoms with Crippen LogP contribution in [0.2, 0.25) is 0 Å². The highest BCUT2D eigenvalue weighted by Crippen LogP contribution is 2.17. The molecule has 0 spiro atoms. The zero-order valence-electron chi connectivity index (χ0n) is 12.2. The van der Waals surface area contributed by atoms with Crippen LogP contribution in [0.3, 0.4) is 0 Å².